The van der Waals surface area contributed by atoms with Crippen LogP contribution in [0.5, 0.6) is 5.75 Å². The average Bonchev–Trinajstić information content (AvgIpc) is 3.34. The van der Waals surface area contributed by atoms with E-state index in [0.717, 1.165) is 36.4 Å². The van der Waals surface area contributed by atoms with Crippen molar-refractivity contribution in [3.05, 3.63) is 70.3 Å². The maximum absolute atomic E-state index is 13.4. The zero-order valence-corrected chi connectivity index (χ0v) is 22.3. The van der Waals surface area contributed by atoms with E-state index in [0.29, 0.717) is 18.7 Å². The molecule has 6 heteroatoms. The van der Waals surface area contributed by atoms with Crippen molar-refractivity contribution in [1.82, 2.24) is 9.80 Å². The molecule has 0 bridgehead atoms. The number of carbonyl (C=O) groups is 2. The molecule has 2 aliphatic heterocycles. The predicted octanol–water partition coefficient (Wildman–Crippen LogP) is 5.07. The van der Waals surface area contributed by atoms with E-state index in [-0.39, 0.29) is 22.9 Å². The zero-order chi connectivity index (χ0) is 26.2. The highest BCUT2D eigenvalue weighted by molar-refractivity contribution is 6.46. The highest BCUT2D eigenvalue weighted by Gasteiger charge is 2.46. The van der Waals surface area contributed by atoms with Crippen molar-refractivity contribution in [3.63, 3.8) is 0 Å². The summed E-state index contributed by atoms with van der Waals surface area (Å²) in [5.74, 6) is -0.534. The van der Waals surface area contributed by atoms with Crippen LogP contribution in [-0.2, 0) is 21.4 Å². The van der Waals surface area contributed by atoms with Crippen LogP contribution in [0, 0.1) is 0 Å². The third-order valence-corrected chi connectivity index (χ3v) is 7.35. The first kappa shape index (κ1) is 26.0. The Morgan fingerprint density at radius 2 is 1.75 bits per heavy atom. The van der Waals surface area contributed by atoms with Gasteiger partial charge in [-0.1, -0.05) is 58.9 Å². The Balaban J connectivity index is 1.79. The summed E-state index contributed by atoms with van der Waals surface area (Å²) in [6, 6.07) is 12.9. The van der Waals surface area contributed by atoms with Crippen molar-refractivity contribution < 1.29 is 19.4 Å². The second-order valence-corrected chi connectivity index (χ2v) is 10.8. The van der Waals surface area contributed by atoms with Gasteiger partial charge in [0.1, 0.15) is 17.6 Å². The number of likely N-dealkylation sites (N-methyl/N-ethyl adjacent to an activating group) is 1. The van der Waals surface area contributed by atoms with Crippen LogP contribution in [0.15, 0.2) is 48.0 Å². The van der Waals surface area contributed by atoms with E-state index >= 15 is 0 Å². The second-order valence-electron chi connectivity index (χ2n) is 10.8. The number of hydrogen-bond acceptors (Lipinski definition) is 5. The molecule has 2 heterocycles. The molecule has 1 saturated heterocycles. The molecular formula is C30H38N2O4. The van der Waals surface area contributed by atoms with Crippen molar-refractivity contribution in [3.8, 4) is 5.75 Å². The lowest BCUT2D eigenvalue weighted by Crippen LogP contribution is -2.38. The Hall–Kier alpha value is -3.12. The molecule has 2 aliphatic rings. The van der Waals surface area contributed by atoms with Crippen molar-refractivity contribution >= 4 is 17.4 Å². The van der Waals surface area contributed by atoms with Crippen LogP contribution in [0.2, 0.25) is 0 Å². The monoisotopic (exact) mass is 490 g/mol. The molecule has 0 aromatic heterocycles. The Morgan fingerprint density at radius 1 is 1.08 bits per heavy atom. The second kappa shape index (κ2) is 10.1. The van der Waals surface area contributed by atoms with Gasteiger partial charge in [0.2, 0.25) is 0 Å². The predicted molar refractivity (Wildman–Crippen MR) is 142 cm³/mol. The summed E-state index contributed by atoms with van der Waals surface area (Å²) in [5.41, 5.74) is 3.64. The van der Waals surface area contributed by atoms with E-state index in [2.05, 4.69) is 39.5 Å². The lowest BCUT2D eigenvalue weighted by Gasteiger charge is -2.28. The minimum Gasteiger partial charge on any atom is -0.507 e. The molecule has 0 spiro atoms. The van der Waals surface area contributed by atoms with Gasteiger partial charge in [-0.15, -0.1) is 0 Å². The Kier molecular flexibility index (Phi) is 7.28. The van der Waals surface area contributed by atoms with E-state index in [1.54, 1.807) is 11.0 Å². The van der Waals surface area contributed by atoms with E-state index < -0.39 is 17.7 Å². The quantitative estimate of drug-likeness (QED) is 0.333. The lowest BCUT2D eigenvalue weighted by atomic mass is 9.85. The summed E-state index contributed by atoms with van der Waals surface area (Å²) in [6.07, 6.45) is 0.816. The van der Waals surface area contributed by atoms with Gasteiger partial charge in [-0.3, -0.25) is 9.59 Å². The number of rotatable bonds is 7. The minimum absolute atomic E-state index is 0.0211. The summed E-state index contributed by atoms with van der Waals surface area (Å²) in [7, 11) is 0. The summed E-state index contributed by atoms with van der Waals surface area (Å²) >= 11 is 0. The van der Waals surface area contributed by atoms with E-state index in [1.807, 2.05) is 43.3 Å². The lowest BCUT2D eigenvalue weighted by molar-refractivity contribution is -0.140. The SMILES string of the molecule is CCN(CC)CCN1C(=O)C(=O)C(=C(O)c2ccc3c(c2)C[C@@H](C)O3)[C@H]1c1ccc(C(C)(C)C)cc1. The number of hydrogen-bond donors (Lipinski definition) is 1. The fourth-order valence-electron chi connectivity index (χ4n) is 5.14. The fourth-order valence-corrected chi connectivity index (χ4v) is 5.14. The fraction of sp³-hybridized carbons (Fsp3) is 0.467. The van der Waals surface area contributed by atoms with Crippen LogP contribution < -0.4 is 4.74 Å². The number of aliphatic hydroxyl groups excluding tert-OH is 1. The van der Waals surface area contributed by atoms with Gasteiger partial charge in [-0.05, 0) is 60.3 Å². The molecule has 1 fully saturated rings. The molecule has 0 aliphatic carbocycles. The zero-order valence-electron chi connectivity index (χ0n) is 22.3. The van der Waals surface area contributed by atoms with Crippen LogP contribution >= 0.6 is 0 Å². The van der Waals surface area contributed by atoms with E-state index in [1.165, 1.54) is 5.56 Å². The van der Waals surface area contributed by atoms with Crippen molar-refractivity contribution in [2.45, 2.75) is 65.5 Å². The maximum atomic E-state index is 13.4. The van der Waals surface area contributed by atoms with Gasteiger partial charge in [0.15, 0.2) is 0 Å². The van der Waals surface area contributed by atoms with Crippen LogP contribution in [0.25, 0.3) is 5.76 Å². The number of ether oxygens (including phenoxy) is 1. The Bertz CT molecular complexity index is 1170. The summed E-state index contributed by atoms with van der Waals surface area (Å²) in [6.45, 7) is 15.4. The molecule has 2 aromatic rings. The van der Waals surface area contributed by atoms with Crippen molar-refractivity contribution in [2.75, 3.05) is 26.2 Å². The topological polar surface area (TPSA) is 70.1 Å². The molecule has 1 N–H and O–H groups in total. The Labute approximate surface area is 214 Å². The number of fused-ring (bicyclic) bond motifs is 1. The first-order chi connectivity index (χ1) is 17.0. The number of benzene rings is 2. The normalized spacial score (nSPS) is 21.2. The molecule has 1 amide bonds. The van der Waals surface area contributed by atoms with Gasteiger partial charge in [-0.25, -0.2) is 0 Å². The molecule has 2 aromatic carbocycles. The van der Waals surface area contributed by atoms with Gasteiger partial charge in [-0.2, -0.15) is 0 Å². The van der Waals surface area contributed by atoms with Crippen LogP contribution in [0.4, 0.5) is 0 Å². The summed E-state index contributed by atoms with van der Waals surface area (Å²) in [4.78, 5) is 30.5. The molecule has 0 saturated carbocycles. The van der Waals surface area contributed by atoms with E-state index in [4.69, 9.17) is 4.74 Å². The molecule has 192 valence electrons. The molecule has 4 rings (SSSR count). The highest BCUT2D eigenvalue weighted by atomic mass is 16.5. The number of aliphatic hydroxyl groups is 1. The van der Waals surface area contributed by atoms with Crippen LogP contribution in [0.1, 0.15) is 69.8 Å². The molecule has 0 radical (unpaired) electrons. The molecule has 36 heavy (non-hydrogen) atoms. The number of amides is 1. The third kappa shape index (κ3) is 4.92. The van der Waals surface area contributed by atoms with E-state index in [9.17, 15) is 14.7 Å². The largest absolute Gasteiger partial charge is 0.507 e. The number of carbonyl (C=O) groups excluding carboxylic acids is 2. The minimum atomic E-state index is -0.641. The number of ketones is 1. The summed E-state index contributed by atoms with van der Waals surface area (Å²) in [5, 5.41) is 11.4. The number of nitrogens with zero attached hydrogens (tertiary/aromatic N) is 2. The first-order valence-electron chi connectivity index (χ1n) is 13.0. The van der Waals surface area contributed by atoms with Gasteiger partial charge < -0.3 is 19.6 Å². The van der Waals surface area contributed by atoms with Crippen LogP contribution in [-0.4, -0.2) is 58.9 Å². The molecular weight excluding hydrogens is 452 g/mol. The molecule has 0 unspecified atom stereocenters. The molecule has 6 nitrogen and oxygen atoms in total. The number of likely N-dealkylation sites (tertiary alicyclic amines) is 1. The maximum Gasteiger partial charge on any atom is 0.295 e. The highest BCUT2D eigenvalue weighted by Crippen LogP contribution is 2.41. The standard InChI is InChI=1S/C30H38N2O4/c1-7-31(8-2)15-16-32-26(20-9-12-23(13-10-20)30(4,5)6)25(28(34)29(32)35)27(33)21-11-14-24-22(18-21)17-19(3)36-24/h9-14,18-19,26,33H,7-8,15-17H2,1-6H3/t19-,26-/m1/s1. The van der Waals surface area contributed by atoms with Gasteiger partial charge >= 0.3 is 0 Å². The van der Waals surface area contributed by atoms with Gasteiger partial charge in [0.05, 0.1) is 11.6 Å². The smallest absolute Gasteiger partial charge is 0.295 e. The molecule has 2 atom stereocenters. The Morgan fingerprint density at radius 3 is 2.36 bits per heavy atom. The van der Waals surface area contributed by atoms with Gasteiger partial charge in [0, 0.05) is 25.1 Å². The first-order valence-corrected chi connectivity index (χ1v) is 13.0. The summed E-state index contributed by atoms with van der Waals surface area (Å²) < 4.78 is 5.80. The van der Waals surface area contributed by atoms with Crippen LogP contribution in [0.3, 0.4) is 0 Å². The van der Waals surface area contributed by atoms with Crippen molar-refractivity contribution in [1.29, 1.82) is 0 Å². The average molecular weight is 491 g/mol. The van der Waals surface area contributed by atoms with Crippen molar-refractivity contribution in [2.24, 2.45) is 0 Å². The van der Waals surface area contributed by atoms with Gasteiger partial charge in [0.25, 0.3) is 11.7 Å². The number of Topliss-reactive ketones (excluding diaryl/α,β-unsaturated/α-hetero) is 1. The third-order valence-electron chi connectivity index (χ3n) is 7.35.